The van der Waals surface area contributed by atoms with Crippen molar-refractivity contribution in [1.82, 2.24) is 4.90 Å². The Labute approximate surface area is 116 Å². The van der Waals surface area contributed by atoms with Crippen molar-refractivity contribution in [1.29, 1.82) is 0 Å². The molecule has 19 heavy (non-hydrogen) atoms. The molecule has 0 N–H and O–H groups in total. The molecule has 2 aliphatic rings. The van der Waals surface area contributed by atoms with Gasteiger partial charge in [0.25, 0.3) is 0 Å². The molecule has 0 saturated carbocycles. The van der Waals surface area contributed by atoms with E-state index in [2.05, 4.69) is 62.9 Å². The maximum Gasteiger partial charge on any atom is 0.0644 e. The van der Waals surface area contributed by atoms with Crippen LogP contribution in [0.1, 0.15) is 6.92 Å². The molecule has 0 bridgehead atoms. The highest BCUT2D eigenvalue weighted by Crippen LogP contribution is 2.34. The summed E-state index contributed by atoms with van der Waals surface area (Å²) in [6.07, 6.45) is 14.6. The van der Waals surface area contributed by atoms with Crippen LogP contribution in [0.4, 0.5) is 0 Å². The minimum absolute atomic E-state index is 0.217. The van der Waals surface area contributed by atoms with Gasteiger partial charge in [0.05, 0.1) is 6.04 Å². The summed E-state index contributed by atoms with van der Waals surface area (Å²) in [4.78, 5) is 2.21. The van der Waals surface area contributed by atoms with Gasteiger partial charge in [-0.2, -0.15) is 0 Å². The van der Waals surface area contributed by atoms with Gasteiger partial charge in [-0.25, -0.2) is 0 Å². The summed E-state index contributed by atoms with van der Waals surface area (Å²) in [5.41, 5.74) is 4.44. The van der Waals surface area contributed by atoms with Gasteiger partial charge < -0.3 is 4.90 Å². The van der Waals surface area contributed by atoms with Gasteiger partial charge in [-0.05, 0) is 24.1 Å². The maximum atomic E-state index is 4.19. The summed E-state index contributed by atoms with van der Waals surface area (Å²) in [6.45, 7) is 14.5. The van der Waals surface area contributed by atoms with Gasteiger partial charge >= 0.3 is 0 Å². The first kappa shape index (κ1) is 13.4. The third-order valence-electron chi connectivity index (χ3n) is 3.76. The predicted molar refractivity (Wildman–Crippen MR) is 83.6 cm³/mol. The van der Waals surface area contributed by atoms with E-state index in [1.54, 1.807) is 0 Å². The van der Waals surface area contributed by atoms with Crippen molar-refractivity contribution in [2.45, 2.75) is 13.0 Å². The number of hydrogen-bond donors (Lipinski definition) is 0. The molecule has 2 unspecified atom stereocenters. The van der Waals surface area contributed by atoms with E-state index < -0.39 is 0 Å². The predicted octanol–water partition coefficient (Wildman–Crippen LogP) is 4.17. The Bertz CT molecular complexity index is 540. The van der Waals surface area contributed by atoms with Crippen molar-refractivity contribution in [3.63, 3.8) is 0 Å². The molecule has 98 valence electrons. The van der Waals surface area contributed by atoms with Crippen LogP contribution < -0.4 is 0 Å². The monoisotopic (exact) mass is 251 g/mol. The van der Waals surface area contributed by atoms with Gasteiger partial charge in [-0.1, -0.05) is 61.8 Å². The molecule has 1 heterocycles. The molecule has 0 fully saturated rings. The molecule has 1 aliphatic carbocycles. The molecule has 0 amide bonds. The average molecular weight is 251 g/mol. The summed E-state index contributed by atoms with van der Waals surface area (Å²) in [6, 6.07) is 0.217. The number of rotatable bonds is 1. The van der Waals surface area contributed by atoms with Crippen molar-refractivity contribution in [2.75, 3.05) is 7.05 Å². The van der Waals surface area contributed by atoms with E-state index in [0.29, 0.717) is 5.92 Å². The molecule has 2 rings (SSSR count). The van der Waals surface area contributed by atoms with Crippen molar-refractivity contribution in [2.24, 2.45) is 5.92 Å². The number of fused-ring (bicyclic) bond motifs is 1. The Hall–Kier alpha value is -2.02. The minimum atomic E-state index is 0.217. The lowest BCUT2D eigenvalue weighted by atomic mass is 9.80. The summed E-state index contributed by atoms with van der Waals surface area (Å²) >= 11 is 0. The first-order chi connectivity index (χ1) is 9.02. The Balaban J connectivity index is 2.51. The van der Waals surface area contributed by atoms with Gasteiger partial charge in [0.2, 0.25) is 0 Å². The zero-order chi connectivity index (χ0) is 14.0. The van der Waals surface area contributed by atoms with Crippen molar-refractivity contribution < 1.29 is 0 Å². The summed E-state index contributed by atoms with van der Waals surface area (Å²) in [5, 5.41) is 0. The van der Waals surface area contributed by atoms with Gasteiger partial charge in [0.1, 0.15) is 0 Å². The van der Waals surface area contributed by atoms with Crippen LogP contribution in [0, 0.1) is 5.92 Å². The highest BCUT2D eigenvalue weighted by Gasteiger charge is 2.30. The first-order valence-electron chi connectivity index (χ1n) is 6.52. The summed E-state index contributed by atoms with van der Waals surface area (Å²) < 4.78 is 0. The topological polar surface area (TPSA) is 3.24 Å². The lowest BCUT2D eigenvalue weighted by Gasteiger charge is -2.39. The van der Waals surface area contributed by atoms with Crippen molar-refractivity contribution >= 4 is 0 Å². The highest BCUT2D eigenvalue weighted by molar-refractivity contribution is 5.49. The number of hydrogen-bond acceptors (Lipinski definition) is 1. The van der Waals surface area contributed by atoms with Crippen LogP contribution in [0.3, 0.4) is 0 Å². The molecule has 0 aromatic rings. The van der Waals surface area contributed by atoms with E-state index in [0.717, 1.165) is 16.8 Å². The standard InChI is InChI=1S/C18H21N/c1-13(2)16-11-8-12-17-14(3)9-6-7-10-15(4)19(5)18(16)17/h6-12,16,18H,1,3-4H2,2,5H3/b9-6-,10-7-. The average Bonchev–Trinajstić information content (AvgIpc) is 2.44. The number of nitrogens with zero attached hydrogens (tertiary/aromatic N) is 1. The Morgan fingerprint density at radius 1 is 1.16 bits per heavy atom. The Morgan fingerprint density at radius 3 is 2.53 bits per heavy atom. The first-order valence-corrected chi connectivity index (χ1v) is 6.52. The van der Waals surface area contributed by atoms with Crippen LogP contribution in [-0.4, -0.2) is 18.0 Å². The molecule has 1 nitrogen and oxygen atoms in total. The third kappa shape index (κ3) is 2.55. The maximum absolute atomic E-state index is 4.19. The van der Waals surface area contributed by atoms with Crippen molar-refractivity contribution in [3.8, 4) is 0 Å². The second kappa shape index (κ2) is 5.31. The smallest absolute Gasteiger partial charge is 0.0644 e. The number of likely N-dealkylation sites (N-methyl/N-ethyl adjacent to an activating group) is 1. The van der Waals surface area contributed by atoms with Gasteiger partial charge in [-0.15, -0.1) is 0 Å². The van der Waals surface area contributed by atoms with Crippen LogP contribution >= 0.6 is 0 Å². The van der Waals surface area contributed by atoms with E-state index in [9.17, 15) is 0 Å². The molecule has 0 spiro atoms. The van der Waals surface area contributed by atoms with Gasteiger partial charge in [0, 0.05) is 18.7 Å². The van der Waals surface area contributed by atoms with E-state index in [1.165, 1.54) is 5.57 Å². The summed E-state index contributed by atoms with van der Waals surface area (Å²) in [7, 11) is 2.08. The largest absolute Gasteiger partial charge is 0.367 e. The van der Waals surface area contributed by atoms with Crippen LogP contribution in [0.15, 0.2) is 84.7 Å². The zero-order valence-corrected chi connectivity index (χ0v) is 11.8. The second-order valence-electron chi connectivity index (χ2n) is 5.17. The van der Waals surface area contributed by atoms with E-state index in [4.69, 9.17) is 0 Å². The van der Waals surface area contributed by atoms with E-state index in [1.807, 2.05) is 18.2 Å². The van der Waals surface area contributed by atoms with Crippen LogP contribution in [0.2, 0.25) is 0 Å². The van der Waals surface area contributed by atoms with Crippen LogP contribution in [-0.2, 0) is 0 Å². The quantitative estimate of drug-likeness (QED) is 0.632. The Kier molecular flexibility index (Phi) is 3.75. The molecular weight excluding hydrogens is 230 g/mol. The van der Waals surface area contributed by atoms with Crippen molar-refractivity contribution in [3.05, 3.63) is 84.7 Å². The molecule has 0 aromatic heterocycles. The fourth-order valence-corrected chi connectivity index (χ4v) is 2.59. The Morgan fingerprint density at radius 2 is 1.84 bits per heavy atom. The highest BCUT2D eigenvalue weighted by atomic mass is 15.1. The number of allylic oxidation sites excluding steroid dienone is 6. The van der Waals surface area contributed by atoms with E-state index in [-0.39, 0.29) is 6.04 Å². The van der Waals surface area contributed by atoms with Gasteiger partial charge in [-0.3, -0.25) is 0 Å². The minimum Gasteiger partial charge on any atom is -0.367 e. The molecule has 1 heteroatoms. The lowest BCUT2D eigenvalue weighted by Crippen LogP contribution is -2.39. The second-order valence-corrected chi connectivity index (χ2v) is 5.17. The third-order valence-corrected chi connectivity index (χ3v) is 3.76. The van der Waals surface area contributed by atoms with Crippen LogP contribution in [0.5, 0.6) is 0 Å². The van der Waals surface area contributed by atoms with Gasteiger partial charge in [0.15, 0.2) is 0 Å². The molecule has 0 radical (unpaired) electrons. The van der Waals surface area contributed by atoms with Crippen LogP contribution in [0.25, 0.3) is 0 Å². The molecule has 1 aliphatic heterocycles. The fourth-order valence-electron chi connectivity index (χ4n) is 2.59. The lowest BCUT2D eigenvalue weighted by molar-refractivity contribution is 0.310. The SMILES string of the molecule is C=C1/C=C\C=C/C(=C)N(C)C2C1=CC=CC2C(=C)C. The molecule has 0 aromatic carbocycles. The normalized spacial score (nSPS) is 29.8. The zero-order valence-electron chi connectivity index (χ0n) is 11.8. The molecule has 2 atom stereocenters. The summed E-state index contributed by atoms with van der Waals surface area (Å²) in [5.74, 6) is 0.290. The van der Waals surface area contributed by atoms with E-state index >= 15 is 0 Å². The molecule has 0 saturated heterocycles. The molecular formula is C18H21N. The fraction of sp³-hybridized carbons (Fsp3) is 0.222.